The van der Waals surface area contributed by atoms with Crippen molar-refractivity contribution >= 4 is 11.6 Å². The first kappa shape index (κ1) is 20.3. The Kier molecular flexibility index (Phi) is 6.56. The molecule has 0 amide bonds. The Labute approximate surface area is 167 Å². The van der Waals surface area contributed by atoms with Gasteiger partial charge in [-0.2, -0.15) is 0 Å². The topological polar surface area (TPSA) is 23.5 Å². The van der Waals surface area contributed by atoms with Gasteiger partial charge >= 0.3 is 0 Å². The van der Waals surface area contributed by atoms with Crippen LogP contribution in [0, 0.1) is 17.7 Å². The van der Waals surface area contributed by atoms with Crippen molar-refractivity contribution in [1.82, 2.24) is 4.90 Å². The average molecular weight is 390 g/mol. The molecule has 27 heavy (non-hydrogen) atoms. The van der Waals surface area contributed by atoms with E-state index in [1.807, 2.05) is 36.4 Å². The van der Waals surface area contributed by atoms with Crippen LogP contribution in [0.25, 0.3) is 0 Å². The van der Waals surface area contributed by atoms with Crippen molar-refractivity contribution in [3.05, 3.63) is 70.5 Å². The van der Waals surface area contributed by atoms with Gasteiger partial charge in [0.05, 0.1) is 5.60 Å². The highest BCUT2D eigenvalue weighted by molar-refractivity contribution is 6.30. The van der Waals surface area contributed by atoms with Crippen LogP contribution in [0.4, 0.5) is 4.39 Å². The lowest BCUT2D eigenvalue weighted by Gasteiger charge is -2.44. The van der Waals surface area contributed by atoms with Crippen LogP contribution in [0.5, 0.6) is 0 Å². The molecule has 0 aliphatic heterocycles. The van der Waals surface area contributed by atoms with Gasteiger partial charge in [0.25, 0.3) is 0 Å². The first-order valence-electron chi connectivity index (χ1n) is 9.70. The molecular formula is C23H29ClFNO. The molecule has 0 aromatic heterocycles. The van der Waals surface area contributed by atoms with Crippen LogP contribution in [0.3, 0.4) is 0 Å². The standard InChI is InChI=1S/C23H29ClFNO/c1-26(2)16-20-13-18(12-17-6-8-22(25)9-7-17)10-11-23(20,27)15-19-4-3-5-21(24)14-19/h3-9,14,18,20,27H,10-13,15-16H2,1-2H3. The quantitative estimate of drug-likeness (QED) is 0.753. The van der Waals surface area contributed by atoms with Gasteiger partial charge in [-0.3, -0.25) is 0 Å². The third-order valence-corrected chi connectivity index (χ3v) is 6.02. The molecule has 2 nitrogen and oxygen atoms in total. The Morgan fingerprint density at radius 2 is 1.89 bits per heavy atom. The van der Waals surface area contributed by atoms with E-state index in [1.165, 1.54) is 17.7 Å². The van der Waals surface area contributed by atoms with E-state index in [0.29, 0.717) is 17.4 Å². The molecule has 3 unspecified atom stereocenters. The third-order valence-electron chi connectivity index (χ3n) is 5.79. The minimum Gasteiger partial charge on any atom is -0.389 e. The fourth-order valence-corrected chi connectivity index (χ4v) is 4.67. The van der Waals surface area contributed by atoms with Crippen LogP contribution < -0.4 is 0 Å². The van der Waals surface area contributed by atoms with Crippen LogP contribution in [-0.2, 0) is 12.8 Å². The summed E-state index contributed by atoms with van der Waals surface area (Å²) in [5.41, 5.74) is 1.55. The highest BCUT2D eigenvalue weighted by Crippen LogP contribution is 2.41. The van der Waals surface area contributed by atoms with E-state index in [-0.39, 0.29) is 11.7 Å². The summed E-state index contributed by atoms with van der Waals surface area (Å²) >= 11 is 6.14. The maximum absolute atomic E-state index is 13.2. The number of halogens is 2. The van der Waals surface area contributed by atoms with E-state index < -0.39 is 5.60 Å². The first-order chi connectivity index (χ1) is 12.8. The molecule has 0 bridgehead atoms. The van der Waals surface area contributed by atoms with Crippen molar-refractivity contribution in [2.24, 2.45) is 11.8 Å². The van der Waals surface area contributed by atoms with Crippen molar-refractivity contribution in [3.63, 3.8) is 0 Å². The Bertz CT molecular complexity index is 748. The van der Waals surface area contributed by atoms with E-state index in [4.69, 9.17) is 11.6 Å². The SMILES string of the molecule is CN(C)CC1CC(Cc2ccc(F)cc2)CCC1(O)Cc1cccc(Cl)c1. The smallest absolute Gasteiger partial charge is 0.123 e. The van der Waals surface area contributed by atoms with Crippen LogP contribution in [0.2, 0.25) is 5.02 Å². The summed E-state index contributed by atoms with van der Waals surface area (Å²) in [6, 6.07) is 14.6. The maximum Gasteiger partial charge on any atom is 0.123 e. The van der Waals surface area contributed by atoms with Gasteiger partial charge in [0.1, 0.15) is 5.82 Å². The summed E-state index contributed by atoms with van der Waals surface area (Å²) in [4.78, 5) is 2.16. The fraction of sp³-hybridized carbons (Fsp3) is 0.478. The van der Waals surface area contributed by atoms with Crippen molar-refractivity contribution < 1.29 is 9.50 Å². The predicted molar refractivity (Wildman–Crippen MR) is 110 cm³/mol. The molecule has 146 valence electrons. The van der Waals surface area contributed by atoms with Crippen LogP contribution in [0.1, 0.15) is 30.4 Å². The number of aliphatic hydroxyl groups is 1. The van der Waals surface area contributed by atoms with Gasteiger partial charge in [0.2, 0.25) is 0 Å². The molecular weight excluding hydrogens is 361 g/mol. The first-order valence-corrected chi connectivity index (χ1v) is 10.1. The van der Waals surface area contributed by atoms with E-state index in [9.17, 15) is 9.50 Å². The minimum atomic E-state index is -0.714. The van der Waals surface area contributed by atoms with E-state index >= 15 is 0 Å². The fourth-order valence-electron chi connectivity index (χ4n) is 4.46. The molecule has 2 aromatic rings. The van der Waals surface area contributed by atoms with Gasteiger partial charge in [-0.1, -0.05) is 35.9 Å². The van der Waals surface area contributed by atoms with Gasteiger partial charge in [0, 0.05) is 23.9 Å². The number of rotatable bonds is 6. The molecule has 4 heteroatoms. The second-order valence-electron chi connectivity index (χ2n) is 8.34. The Morgan fingerprint density at radius 1 is 1.15 bits per heavy atom. The van der Waals surface area contributed by atoms with E-state index in [0.717, 1.165) is 37.8 Å². The normalized spacial score (nSPS) is 25.7. The van der Waals surface area contributed by atoms with Crippen molar-refractivity contribution in [1.29, 1.82) is 0 Å². The van der Waals surface area contributed by atoms with Crippen LogP contribution >= 0.6 is 11.6 Å². The summed E-state index contributed by atoms with van der Waals surface area (Å²) in [6.07, 6.45) is 4.32. The van der Waals surface area contributed by atoms with E-state index in [2.05, 4.69) is 19.0 Å². The number of nitrogens with zero attached hydrogens (tertiary/aromatic N) is 1. The van der Waals surface area contributed by atoms with E-state index in [1.54, 1.807) is 0 Å². The van der Waals surface area contributed by atoms with Crippen molar-refractivity contribution in [3.8, 4) is 0 Å². The van der Waals surface area contributed by atoms with Gasteiger partial charge in [-0.25, -0.2) is 4.39 Å². The van der Waals surface area contributed by atoms with Crippen LogP contribution in [-0.4, -0.2) is 36.2 Å². The number of hydrogen-bond donors (Lipinski definition) is 1. The molecule has 0 saturated heterocycles. The highest BCUT2D eigenvalue weighted by Gasteiger charge is 2.42. The average Bonchev–Trinajstić information content (AvgIpc) is 2.60. The van der Waals surface area contributed by atoms with Gasteiger partial charge in [-0.05, 0) is 81.1 Å². The molecule has 1 saturated carbocycles. The van der Waals surface area contributed by atoms with Gasteiger partial charge < -0.3 is 10.0 Å². The third kappa shape index (κ3) is 5.54. The van der Waals surface area contributed by atoms with Crippen molar-refractivity contribution in [2.75, 3.05) is 20.6 Å². The number of benzene rings is 2. The molecule has 2 aromatic carbocycles. The Morgan fingerprint density at radius 3 is 2.56 bits per heavy atom. The summed E-state index contributed by atoms with van der Waals surface area (Å²) in [5, 5.41) is 12.2. The van der Waals surface area contributed by atoms with Gasteiger partial charge in [0.15, 0.2) is 0 Å². The summed E-state index contributed by atoms with van der Waals surface area (Å²) in [7, 11) is 4.12. The molecule has 0 radical (unpaired) electrons. The second-order valence-corrected chi connectivity index (χ2v) is 8.78. The lowest BCUT2D eigenvalue weighted by atomic mass is 9.67. The zero-order valence-electron chi connectivity index (χ0n) is 16.2. The maximum atomic E-state index is 13.2. The molecule has 1 N–H and O–H groups in total. The Hall–Kier alpha value is -1.42. The molecule has 1 fully saturated rings. The number of hydrogen-bond acceptors (Lipinski definition) is 2. The van der Waals surface area contributed by atoms with Gasteiger partial charge in [-0.15, -0.1) is 0 Å². The molecule has 1 aliphatic rings. The molecule has 3 atom stereocenters. The van der Waals surface area contributed by atoms with Crippen molar-refractivity contribution in [2.45, 2.75) is 37.7 Å². The molecule has 0 heterocycles. The second kappa shape index (κ2) is 8.72. The molecule has 1 aliphatic carbocycles. The lowest BCUT2D eigenvalue weighted by Crippen LogP contribution is -2.49. The summed E-state index contributed by atoms with van der Waals surface area (Å²) < 4.78 is 13.2. The van der Waals surface area contributed by atoms with Crippen LogP contribution in [0.15, 0.2) is 48.5 Å². The lowest BCUT2D eigenvalue weighted by molar-refractivity contribution is -0.0685. The predicted octanol–water partition coefficient (Wildman–Crippen LogP) is 4.97. The summed E-state index contributed by atoms with van der Waals surface area (Å²) in [5.74, 6) is 0.523. The zero-order valence-corrected chi connectivity index (χ0v) is 16.9. The highest BCUT2D eigenvalue weighted by atomic mass is 35.5. The molecule has 0 spiro atoms. The molecule has 3 rings (SSSR count). The summed E-state index contributed by atoms with van der Waals surface area (Å²) in [6.45, 7) is 0.858. The minimum absolute atomic E-state index is 0.191. The zero-order chi connectivity index (χ0) is 19.4. The monoisotopic (exact) mass is 389 g/mol. The Balaban J connectivity index is 1.72. The largest absolute Gasteiger partial charge is 0.389 e.